The molecule has 3 aromatic rings. The van der Waals surface area contributed by atoms with Crippen molar-refractivity contribution >= 4 is 52.2 Å². The van der Waals surface area contributed by atoms with Gasteiger partial charge >= 0.3 is 0 Å². The first-order chi connectivity index (χ1) is 20.1. The Kier molecular flexibility index (Phi) is 9.37. The maximum absolute atomic E-state index is 13.9. The van der Waals surface area contributed by atoms with Crippen LogP contribution in [0.25, 0.3) is 6.08 Å². The summed E-state index contributed by atoms with van der Waals surface area (Å²) in [6, 6.07) is 12.9. The van der Waals surface area contributed by atoms with E-state index in [-0.39, 0.29) is 23.0 Å². The maximum Gasteiger partial charge on any atom is 0.294 e. The number of nitrogens with zero attached hydrogens (tertiary/aromatic N) is 1. The van der Waals surface area contributed by atoms with Crippen LogP contribution in [-0.4, -0.2) is 55.2 Å². The maximum atomic E-state index is 13.9. The monoisotopic (exact) mass is 601 g/mol. The van der Waals surface area contributed by atoms with E-state index in [0.717, 1.165) is 6.07 Å². The summed E-state index contributed by atoms with van der Waals surface area (Å²) in [6.07, 6.45) is 1.39. The van der Waals surface area contributed by atoms with Gasteiger partial charge in [-0.25, -0.2) is 13.2 Å². The molecule has 1 aliphatic heterocycles. The number of carbonyl (C=O) groups excluding carboxylic acids is 4. The number of para-hydroxylation sites is 2. The second kappa shape index (κ2) is 13.1. The number of imide groups is 1. The van der Waals surface area contributed by atoms with Gasteiger partial charge in [0.05, 0.1) is 30.5 Å². The molecule has 0 saturated carbocycles. The summed E-state index contributed by atoms with van der Waals surface area (Å²) < 4.78 is 56.5. The molecule has 2 N–H and O–H groups in total. The zero-order valence-corrected chi connectivity index (χ0v) is 22.9. The number of thioether (sulfide) groups is 1. The van der Waals surface area contributed by atoms with Gasteiger partial charge < -0.3 is 24.8 Å². The van der Waals surface area contributed by atoms with E-state index in [1.54, 1.807) is 30.3 Å². The minimum absolute atomic E-state index is 0.0151. The van der Waals surface area contributed by atoms with E-state index < -0.39 is 52.6 Å². The van der Waals surface area contributed by atoms with Crippen molar-refractivity contribution in [3.63, 3.8) is 0 Å². The molecular weight excluding hydrogens is 579 g/mol. The lowest BCUT2D eigenvalue weighted by Crippen LogP contribution is -2.36. The second-order valence-corrected chi connectivity index (χ2v) is 9.48. The quantitative estimate of drug-likeness (QED) is 0.251. The summed E-state index contributed by atoms with van der Waals surface area (Å²) in [6.45, 7) is -1.13. The molecule has 4 rings (SSSR count). The molecule has 218 valence electrons. The Hall–Kier alpha value is -4.98. The number of halogens is 3. The summed E-state index contributed by atoms with van der Waals surface area (Å²) in [5.74, 6) is -6.11. The molecule has 1 heterocycles. The summed E-state index contributed by atoms with van der Waals surface area (Å²) in [7, 11) is 2.86. The van der Waals surface area contributed by atoms with Crippen molar-refractivity contribution in [2.75, 3.05) is 38.0 Å². The highest BCUT2D eigenvalue weighted by atomic mass is 32.2. The van der Waals surface area contributed by atoms with Crippen LogP contribution in [0, 0.1) is 17.5 Å². The fraction of sp³-hybridized carbons (Fsp3) is 0.143. The van der Waals surface area contributed by atoms with Crippen LogP contribution >= 0.6 is 11.8 Å². The lowest BCUT2D eigenvalue weighted by molar-refractivity contribution is -0.127. The van der Waals surface area contributed by atoms with Crippen LogP contribution in [0.2, 0.25) is 0 Å². The molecule has 0 unspecified atom stereocenters. The first-order valence-corrected chi connectivity index (χ1v) is 12.8. The van der Waals surface area contributed by atoms with Gasteiger partial charge in [-0.1, -0.05) is 18.2 Å². The van der Waals surface area contributed by atoms with Gasteiger partial charge in [0, 0.05) is 0 Å². The number of rotatable bonds is 10. The molecule has 0 aromatic heterocycles. The van der Waals surface area contributed by atoms with Gasteiger partial charge in [-0.2, -0.15) is 0 Å². The zero-order valence-electron chi connectivity index (χ0n) is 22.0. The lowest BCUT2D eigenvalue weighted by Gasteiger charge is -2.13. The van der Waals surface area contributed by atoms with E-state index in [1.165, 1.54) is 32.4 Å². The predicted octanol–water partition coefficient (Wildman–Crippen LogP) is 4.81. The van der Waals surface area contributed by atoms with Gasteiger partial charge in [-0.15, -0.1) is 0 Å². The third-order valence-corrected chi connectivity index (χ3v) is 6.62. The number of hydrogen-bond acceptors (Lipinski definition) is 8. The van der Waals surface area contributed by atoms with Gasteiger partial charge in [-0.3, -0.25) is 24.1 Å². The van der Waals surface area contributed by atoms with Gasteiger partial charge in [-0.05, 0) is 59.8 Å². The van der Waals surface area contributed by atoms with Gasteiger partial charge in [0.15, 0.2) is 35.6 Å². The van der Waals surface area contributed by atoms with Crippen molar-refractivity contribution in [2.45, 2.75) is 0 Å². The number of methoxy groups -OCH3 is 2. The fourth-order valence-electron chi connectivity index (χ4n) is 3.71. The first kappa shape index (κ1) is 30.0. The molecule has 10 nitrogen and oxygen atoms in total. The van der Waals surface area contributed by atoms with E-state index in [9.17, 15) is 32.3 Å². The molecule has 0 aliphatic carbocycles. The van der Waals surface area contributed by atoms with E-state index in [1.807, 2.05) is 5.32 Å². The Morgan fingerprint density at radius 1 is 0.857 bits per heavy atom. The topological polar surface area (TPSA) is 123 Å². The van der Waals surface area contributed by atoms with Crippen LogP contribution in [0.1, 0.15) is 5.56 Å². The minimum Gasteiger partial charge on any atom is -0.495 e. The van der Waals surface area contributed by atoms with E-state index in [0.29, 0.717) is 39.7 Å². The summed E-state index contributed by atoms with van der Waals surface area (Å²) in [5.41, 5.74) is 0.267. The van der Waals surface area contributed by atoms with Gasteiger partial charge in [0.25, 0.3) is 17.1 Å². The van der Waals surface area contributed by atoms with E-state index in [4.69, 9.17) is 14.2 Å². The molecule has 1 saturated heterocycles. The fourth-order valence-corrected chi connectivity index (χ4v) is 4.55. The molecule has 1 fully saturated rings. The SMILES string of the molecule is COc1ccccc1NC(=O)COc1ccc(/C=C2\SC(=O)N(CC(=O)Nc3ccc(F)c(F)c3F)C2=O)cc1OC. The largest absolute Gasteiger partial charge is 0.495 e. The Labute approximate surface area is 241 Å². The zero-order chi connectivity index (χ0) is 30.4. The van der Waals surface area contributed by atoms with Crippen molar-refractivity contribution in [3.8, 4) is 17.2 Å². The van der Waals surface area contributed by atoms with Crippen LogP contribution in [0.15, 0.2) is 59.5 Å². The molecule has 0 radical (unpaired) electrons. The second-order valence-electron chi connectivity index (χ2n) is 8.49. The number of anilines is 2. The van der Waals surface area contributed by atoms with E-state index in [2.05, 4.69) is 5.32 Å². The van der Waals surface area contributed by atoms with Crippen LogP contribution in [-0.2, 0) is 14.4 Å². The minimum atomic E-state index is -1.77. The number of amides is 4. The highest BCUT2D eigenvalue weighted by molar-refractivity contribution is 8.18. The molecule has 4 amide bonds. The first-order valence-electron chi connectivity index (χ1n) is 12.0. The smallest absolute Gasteiger partial charge is 0.294 e. The van der Waals surface area contributed by atoms with Crippen LogP contribution < -0.4 is 24.8 Å². The molecule has 42 heavy (non-hydrogen) atoms. The van der Waals surface area contributed by atoms with Crippen molar-refractivity contribution in [1.29, 1.82) is 0 Å². The van der Waals surface area contributed by atoms with Crippen LogP contribution in [0.5, 0.6) is 17.2 Å². The number of hydrogen-bond donors (Lipinski definition) is 2. The molecule has 1 aliphatic rings. The normalized spacial score (nSPS) is 13.7. The predicted molar refractivity (Wildman–Crippen MR) is 148 cm³/mol. The number of carbonyl (C=O) groups is 4. The Morgan fingerprint density at radius 2 is 1.57 bits per heavy atom. The average molecular weight is 602 g/mol. The third kappa shape index (κ3) is 6.83. The van der Waals surface area contributed by atoms with Crippen molar-refractivity contribution in [2.24, 2.45) is 0 Å². The number of nitrogens with one attached hydrogen (secondary N) is 2. The molecule has 0 bridgehead atoms. The van der Waals surface area contributed by atoms with Crippen LogP contribution in [0.3, 0.4) is 0 Å². The average Bonchev–Trinajstić information content (AvgIpc) is 3.24. The highest BCUT2D eigenvalue weighted by Gasteiger charge is 2.36. The van der Waals surface area contributed by atoms with Crippen molar-refractivity contribution in [3.05, 3.63) is 82.5 Å². The molecular formula is C28H22F3N3O7S. The summed E-state index contributed by atoms with van der Waals surface area (Å²) >= 11 is 0.568. The molecule has 14 heteroatoms. The molecule has 3 aromatic carbocycles. The van der Waals surface area contributed by atoms with Crippen molar-refractivity contribution < 1.29 is 46.6 Å². The molecule has 0 atom stereocenters. The standard InChI is InChI=1S/C28H22F3N3O7S/c1-39-19-6-4-3-5-17(19)32-24(36)14-41-20-10-7-15(11-21(20)40-2)12-22-27(37)34(28(38)42-22)13-23(35)33-18-9-8-16(29)25(30)26(18)31/h3-12H,13-14H2,1-2H3,(H,32,36)(H,33,35)/b22-12-. The third-order valence-electron chi connectivity index (χ3n) is 5.71. The van der Waals surface area contributed by atoms with Crippen LogP contribution in [0.4, 0.5) is 29.3 Å². The number of benzene rings is 3. The Bertz CT molecular complexity index is 1600. The molecule has 0 spiro atoms. The Balaban J connectivity index is 1.39. The van der Waals surface area contributed by atoms with E-state index >= 15 is 0 Å². The highest BCUT2D eigenvalue weighted by Crippen LogP contribution is 2.35. The van der Waals surface area contributed by atoms with Gasteiger partial charge in [0.2, 0.25) is 5.91 Å². The summed E-state index contributed by atoms with van der Waals surface area (Å²) in [5, 5.41) is 3.93. The summed E-state index contributed by atoms with van der Waals surface area (Å²) in [4.78, 5) is 50.5. The lowest BCUT2D eigenvalue weighted by atomic mass is 10.2. The van der Waals surface area contributed by atoms with Crippen molar-refractivity contribution in [1.82, 2.24) is 4.90 Å². The number of ether oxygens (including phenoxy) is 3. The Morgan fingerprint density at radius 3 is 2.31 bits per heavy atom. The van der Waals surface area contributed by atoms with Gasteiger partial charge in [0.1, 0.15) is 12.3 Å².